The second-order valence-electron chi connectivity index (χ2n) is 6.09. The van der Waals surface area contributed by atoms with Gasteiger partial charge in [0.2, 0.25) is 0 Å². The third kappa shape index (κ3) is 4.12. The number of rotatable bonds is 6. The van der Waals surface area contributed by atoms with E-state index in [-0.39, 0.29) is 0 Å². The lowest BCUT2D eigenvalue weighted by molar-refractivity contribution is 0.301. The molecule has 6 nitrogen and oxygen atoms in total. The number of benzene rings is 1. The van der Waals surface area contributed by atoms with E-state index in [4.69, 9.17) is 10.5 Å². The molecular weight excluding hydrogens is 338 g/mol. The van der Waals surface area contributed by atoms with Gasteiger partial charge in [-0.25, -0.2) is 4.98 Å². The number of ether oxygens (including phenoxy) is 1. The highest BCUT2D eigenvalue weighted by Gasteiger charge is 2.07. The van der Waals surface area contributed by atoms with Gasteiger partial charge in [-0.15, -0.1) is 0 Å². The topological polar surface area (TPSA) is 78.8 Å². The summed E-state index contributed by atoms with van der Waals surface area (Å²) < 4.78 is 7.65. The van der Waals surface area contributed by atoms with E-state index < -0.39 is 0 Å². The molecule has 0 spiro atoms. The smallest absolute Gasteiger partial charge is 0.132 e. The zero-order valence-electron chi connectivity index (χ0n) is 14.7. The van der Waals surface area contributed by atoms with Gasteiger partial charge in [0.25, 0.3) is 0 Å². The van der Waals surface area contributed by atoms with Crippen molar-refractivity contribution in [3.8, 4) is 17.0 Å². The molecule has 0 aliphatic heterocycles. The van der Waals surface area contributed by atoms with Gasteiger partial charge in [-0.3, -0.25) is 9.67 Å². The van der Waals surface area contributed by atoms with Crippen LogP contribution in [0.25, 0.3) is 11.3 Å². The Bertz CT molecular complexity index is 1010. The fourth-order valence-electron chi connectivity index (χ4n) is 2.75. The molecule has 0 radical (unpaired) electrons. The quantitative estimate of drug-likeness (QED) is 0.571. The van der Waals surface area contributed by atoms with Crippen LogP contribution in [-0.2, 0) is 13.2 Å². The van der Waals surface area contributed by atoms with Gasteiger partial charge in [0.15, 0.2) is 0 Å². The van der Waals surface area contributed by atoms with Gasteiger partial charge in [0.05, 0.1) is 17.9 Å². The van der Waals surface area contributed by atoms with Crippen molar-refractivity contribution in [2.24, 2.45) is 0 Å². The van der Waals surface area contributed by atoms with Crippen LogP contribution in [0.3, 0.4) is 0 Å². The minimum Gasteiger partial charge on any atom is -0.487 e. The summed E-state index contributed by atoms with van der Waals surface area (Å²) in [5.41, 5.74) is 9.62. The van der Waals surface area contributed by atoms with Crippen LogP contribution in [0.5, 0.6) is 5.75 Å². The Morgan fingerprint density at radius 3 is 2.52 bits per heavy atom. The van der Waals surface area contributed by atoms with E-state index in [1.165, 1.54) is 0 Å². The van der Waals surface area contributed by atoms with Crippen molar-refractivity contribution >= 4 is 5.82 Å². The van der Waals surface area contributed by atoms with Crippen molar-refractivity contribution in [2.45, 2.75) is 13.2 Å². The second-order valence-corrected chi connectivity index (χ2v) is 6.09. The largest absolute Gasteiger partial charge is 0.487 e. The molecule has 4 aromatic rings. The number of aromatic nitrogens is 4. The van der Waals surface area contributed by atoms with Gasteiger partial charge in [-0.1, -0.05) is 18.2 Å². The van der Waals surface area contributed by atoms with Crippen LogP contribution in [0, 0.1) is 0 Å². The standard InChI is InChI=1S/C21H19N5O/c22-21-19(5-3-12-24-21)20-10-13-26(25-20)14-16-6-8-18(9-7-16)27-15-17-4-1-2-11-23-17/h1-13H,14-15H2,(H2,22,24). The summed E-state index contributed by atoms with van der Waals surface area (Å²) in [6.07, 6.45) is 5.37. The van der Waals surface area contributed by atoms with Crippen molar-refractivity contribution in [2.75, 3.05) is 5.73 Å². The molecule has 0 aliphatic carbocycles. The molecule has 6 heteroatoms. The zero-order valence-corrected chi connectivity index (χ0v) is 14.7. The van der Waals surface area contributed by atoms with Crippen LogP contribution in [0.4, 0.5) is 5.82 Å². The third-order valence-corrected chi connectivity index (χ3v) is 4.14. The maximum atomic E-state index is 5.92. The van der Waals surface area contributed by atoms with Gasteiger partial charge in [-0.05, 0) is 48.0 Å². The molecule has 134 valence electrons. The number of hydrogen-bond acceptors (Lipinski definition) is 5. The lowest BCUT2D eigenvalue weighted by Gasteiger charge is -2.07. The highest BCUT2D eigenvalue weighted by atomic mass is 16.5. The predicted molar refractivity (Wildman–Crippen MR) is 104 cm³/mol. The van der Waals surface area contributed by atoms with E-state index in [1.54, 1.807) is 12.4 Å². The average molecular weight is 357 g/mol. The molecule has 0 unspecified atom stereocenters. The summed E-state index contributed by atoms with van der Waals surface area (Å²) in [6, 6.07) is 19.5. The molecule has 4 rings (SSSR count). The van der Waals surface area contributed by atoms with E-state index in [0.717, 1.165) is 28.3 Å². The third-order valence-electron chi connectivity index (χ3n) is 4.14. The molecule has 27 heavy (non-hydrogen) atoms. The number of nitrogens with two attached hydrogens (primary N) is 1. The van der Waals surface area contributed by atoms with Gasteiger partial charge < -0.3 is 10.5 Å². The zero-order chi connectivity index (χ0) is 18.5. The van der Waals surface area contributed by atoms with Crippen LogP contribution >= 0.6 is 0 Å². The Labute approximate surface area is 157 Å². The molecule has 0 fully saturated rings. The molecule has 3 aromatic heterocycles. The first kappa shape index (κ1) is 16.8. The van der Waals surface area contributed by atoms with Crippen molar-refractivity contribution in [1.29, 1.82) is 0 Å². The van der Waals surface area contributed by atoms with E-state index in [2.05, 4.69) is 15.1 Å². The molecule has 0 saturated heterocycles. The molecule has 1 aromatic carbocycles. The number of nitrogen functional groups attached to an aromatic ring is 1. The number of hydrogen-bond donors (Lipinski definition) is 1. The molecule has 0 bridgehead atoms. The van der Waals surface area contributed by atoms with Gasteiger partial charge in [-0.2, -0.15) is 5.10 Å². The van der Waals surface area contributed by atoms with Crippen LogP contribution in [0.15, 0.2) is 79.3 Å². The molecule has 0 atom stereocenters. The fourth-order valence-corrected chi connectivity index (χ4v) is 2.75. The van der Waals surface area contributed by atoms with Gasteiger partial charge >= 0.3 is 0 Å². The highest BCUT2D eigenvalue weighted by Crippen LogP contribution is 2.22. The molecule has 0 saturated carbocycles. The predicted octanol–water partition coefficient (Wildman–Crippen LogP) is 3.55. The van der Waals surface area contributed by atoms with Gasteiger partial charge in [0, 0.05) is 24.2 Å². The Morgan fingerprint density at radius 1 is 0.889 bits per heavy atom. The Hall–Kier alpha value is -3.67. The monoisotopic (exact) mass is 357 g/mol. The van der Waals surface area contributed by atoms with Crippen LogP contribution in [-0.4, -0.2) is 19.7 Å². The summed E-state index contributed by atoms with van der Waals surface area (Å²) in [5, 5.41) is 4.59. The second kappa shape index (κ2) is 7.70. The van der Waals surface area contributed by atoms with Crippen molar-refractivity contribution in [3.05, 3.63) is 90.5 Å². The van der Waals surface area contributed by atoms with Crippen LogP contribution in [0.1, 0.15) is 11.3 Å². The van der Waals surface area contributed by atoms with Crippen LogP contribution < -0.4 is 10.5 Å². The van der Waals surface area contributed by atoms with E-state index in [1.807, 2.05) is 71.5 Å². The minimum absolute atomic E-state index is 0.454. The first-order valence-corrected chi connectivity index (χ1v) is 8.64. The van der Waals surface area contributed by atoms with E-state index in [0.29, 0.717) is 19.0 Å². The Balaban J connectivity index is 1.39. The first-order chi connectivity index (χ1) is 13.3. The first-order valence-electron chi connectivity index (χ1n) is 8.64. The summed E-state index contributed by atoms with van der Waals surface area (Å²) >= 11 is 0. The Kier molecular flexibility index (Phi) is 4.78. The minimum atomic E-state index is 0.454. The normalized spacial score (nSPS) is 10.7. The number of nitrogens with zero attached hydrogens (tertiary/aromatic N) is 4. The average Bonchev–Trinajstić information content (AvgIpc) is 3.17. The SMILES string of the molecule is Nc1ncccc1-c1ccn(Cc2ccc(OCc3ccccn3)cc2)n1. The summed E-state index contributed by atoms with van der Waals surface area (Å²) in [6.45, 7) is 1.12. The molecular formula is C21H19N5O. The van der Waals surface area contributed by atoms with E-state index >= 15 is 0 Å². The van der Waals surface area contributed by atoms with E-state index in [9.17, 15) is 0 Å². The van der Waals surface area contributed by atoms with Gasteiger partial charge in [0.1, 0.15) is 18.2 Å². The van der Waals surface area contributed by atoms with Crippen molar-refractivity contribution in [1.82, 2.24) is 19.7 Å². The Morgan fingerprint density at radius 2 is 1.74 bits per heavy atom. The number of pyridine rings is 2. The summed E-state index contributed by atoms with van der Waals surface area (Å²) in [4.78, 5) is 8.36. The van der Waals surface area contributed by atoms with Crippen molar-refractivity contribution in [3.63, 3.8) is 0 Å². The lowest BCUT2D eigenvalue weighted by Crippen LogP contribution is -2.01. The molecule has 0 amide bonds. The van der Waals surface area contributed by atoms with Crippen LogP contribution in [0.2, 0.25) is 0 Å². The highest BCUT2D eigenvalue weighted by molar-refractivity contribution is 5.70. The lowest BCUT2D eigenvalue weighted by atomic mass is 10.2. The summed E-state index contributed by atoms with van der Waals surface area (Å²) in [7, 11) is 0. The molecule has 3 heterocycles. The van der Waals surface area contributed by atoms with Crippen molar-refractivity contribution < 1.29 is 4.74 Å². The maximum Gasteiger partial charge on any atom is 0.132 e. The number of anilines is 1. The fraction of sp³-hybridized carbons (Fsp3) is 0.0952. The summed E-state index contributed by atoms with van der Waals surface area (Å²) in [5.74, 6) is 1.30. The molecule has 0 aliphatic rings. The molecule has 2 N–H and O–H groups in total. The maximum absolute atomic E-state index is 5.92.